The molecule has 0 aliphatic carbocycles. The summed E-state index contributed by atoms with van der Waals surface area (Å²) in [7, 11) is 0. The molecule has 1 heterocycles. The zero-order valence-electron chi connectivity index (χ0n) is 9.16. The second kappa shape index (κ2) is 6.30. The number of amides is 1. The highest BCUT2D eigenvalue weighted by Gasteiger charge is 2.25. The second-order valence-electron chi connectivity index (χ2n) is 3.95. The number of carbonyl (C=O) groups is 1. The standard InChI is InChI=1S/C10H18ClNO3/c1-7(2)8(5-11)12-10(13)9-6-14-3-4-15-9/h7-9H,3-6H2,1-2H3,(H,12,13). The number of ether oxygens (including phenoxy) is 2. The van der Waals surface area contributed by atoms with Crippen LogP contribution in [0, 0.1) is 5.92 Å². The Morgan fingerprint density at radius 2 is 2.27 bits per heavy atom. The molecule has 2 unspecified atom stereocenters. The number of carbonyl (C=O) groups excluding carboxylic acids is 1. The fraction of sp³-hybridized carbons (Fsp3) is 0.900. The van der Waals surface area contributed by atoms with Gasteiger partial charge in [0.1, 0.15) is 0 Å². The summed E-state index contributed by atoms with van der Waals surface area (Å²) in [6, 6.07) is -0.00954. The molecular weight excluding hydrogens is 218 g/mol. The Labute approximate surface area is 95.3 Å². The highest BCUT2D eigenvalue weighted by atomic mass is 35.5. The molecule has 0 aromatic carbocycles. The van der Waals surface area contributed by atoms with Crippen molar-refractivity contribution in [1.29, 1.82) is 0 Å². The SMILES string of the molecule is CC(C)C(CCl)NC(=O)C1COCCO1. The van der Waals surface area contributed by atoms with E-state index >= 15 is 0 Å². The molecule has 0 radical (unpaired) electrons. The maximum Gasteiger partial charge on any atom is 0.251 e. The predicted octanol–water partition coefficient (Wildman–Crippen LogP) is 0.781. The van der Waals surface area contributed by atoms with Gasteiger partial charge in [-0.25, -0.2) is 0 Å². The number of hydrogen-bond acceptors (Lipinski definition) is 3. The Bertz CT molecular complexity index is 205. The first-order chi connectivity index (χ1) is 7.15. The molecule has 1 fully saturated rings. The van der Waals surface area contributed by atoms with Crippen LogP contribution in [0.2, 0.25) is 0 Å². The van der Waals surface area contributed by atoms with E-state index in [1.165, 1.54) is 0 Å². The lowest BCUT2D eigenvalue weighted by Crippen LogP contribution is -2.48. The molecule has 0 aromatic rings. The van der Waals surface area contributed by atoms with Crippen LogP contribution in [-0.2, 0) is 14.3 Å². The quantitative estimate of drug-likeness (QED) is 0.733. The van der Waals surface area contributed by atoms with Gasteiger partial charge in [0.15, 0.2) is 6.10 Å². The van der Waals surface area contributed by atoms with Crippen LogP contribution in [0.1, 0.15) is 13.8 Å². The molecule has 5 heteroatoms. The summed E-state index contributed by atoms with van der Waals surface area (Å²) in [6.45, 7) is 5.41. The van der Waals surface area contributed by atoms with Gasteiger partial charge in [0.25, 0.3) is 5.91 Å². The number of nitrogens with one attached hydrogen (secondary N) is 1. The van der Waals surface area contributed by atoms with Crippen molar-refractivity contribution in [2.75, 3.05) is 25.7 Å². The summed E-state index contributed by atoms with van der Waals surface area (Å²) >= 11 is 5.76. The van der Waals surface area contributed by atoms with Crippen molar-refractivity contribution in [3.05, 3.63) is 0 Å². The van der Waals surface area contributed by atoms with E-state index in [0.29, 0.717) is 31.6 Å². The average molecular weight is 236 g/mol. The molecule has 88 valence electrons. The van der Waals surface area contributed by atoms with E-state index in [1.807, 2.05) is 13.8 Å². The van der Waals surface area contributed by atoms with Crippen molar-refractivity contribution in [3.63, 3.8) is 0 Å². The maximum absolute atomic E-state index is 11.7. The van der Waals surface area contributed by atoms with Crippen LogP contribution in [0.4, 0.5) is 0 Å². The molecule has 0 bridgehead atoms. The first-order valence-corrected chi connectivity index (χ1v) is 5.74. The second-order valence-corrected chi connectivity index (χ2v) is 4.26. The van der Waals surface area contributed by atoms with E-state index in [9.17, 15) is 4.79 Å². The van der Waals surface area contributed by atoms with E-state index in [-0.39, 0.29) is 11.9 Å². The summed E-state index contributed by atoms with van der Waals surface area (Å²) in [4.78, 5) is 11.7. The largest absolute Gasteiger partial charge is 0.376 e. The fourth-order valence-corrected chi connectivity index (χ4v) is 1.73. The van der Waals surface area contributed by atoms with Crippen LogP contribution in [0.15, 0.2) is 0 Å². The third-order valence-corrected chi connectivity index (χ3v) is 2.74. The van der Waals surface area contributed by atoms with Gasteiger partial charge in [0.2, 0.25) is 0 Å². The van der Waals surface area contributed by atoms with Crippen LogP contribution in [0.25, 0.3) is 0 Å². The lowest BCUT2D eigenvalue weighted by molar-refractivity contribution is -0.148. The van der Waals surface area contributed by atoms with Gasteiger partial charge in [-0.1, -0.05) is 13.8 Å². The first-order valence-electron chi connectivity index (χ1n) is 5.20. The van der Waals surface area contributed by atoms with E-state index in [1.54, 1.807) is 0 Å². The molecule has 0 aromatic heterocycles. The van der Waals surface area contributed by atoms with Gasteiger partial charge < -0.3 is 14.8 Å². The van der Waals surface area contributed by atoms with Gasteiger partial charge in [-0.3, -0.25) is 4.79 Å². The van der Waals surface area contributed by atoms with E-state index in [2.05, 4.69) is 5.32 Å². The molecule has 1 rings (SSSR count). The Morgan fingerprint density at radius 1 is 1.53 bits per heavy atom. The zero-order chi connectivity index (χ0) is 11.3. The Balaban J connectivity index is 2.38. The van der Waals surface area contributed by atoms with Crippen molar-refractivity contribution < 1.29 is 14.3 Å². The first kappa shape index (κ1) is 12.7. The number of alkyl halides is 1. The summed E-state index contributed by atoms with van der Waals surface area (Å²) in [6.07, 6.45) is -0.483. The summed E-state index contributed by atoms with van der Waals surface area (Å²) in [5, 5.41) is 2.86. The van der Waals surface area contributed by atoms with Crippen molar-refractivity contribution in [1.82, 2.24) is 5.32 Å². The van der Waals surface area contributed by atoms with Crippen LogP contribution < -0.4 is 5.32 Å². The molecule has 1 aliphatic rings. The topological polar surface area (TPSA) is 47.6 Å². The molecular formula is C10H18ClNO3. The summed E-state index contributed by atoms with van der Waals surface area (Å²) in [5.74, 6) is 0.599. The Hall–Kier alpha value is -0.320. The fourth-order valence-electron chi connectivity index (χ4n) is 1.30. The lowest BCUT2D eigenvalue weighted by atomic mass is 10.1. The molecule has 0 spiro atoms. The minimum atomic E-state index is -0.483. The molecule has 1 saturated heterocycles. The normalized spacial score (nSPS) is 23.9. The van der Waals surface area contributed by atoms with Crippen molar-refractivity contribution in [2.24, 2.45) is 5.92 Å². The molecule has 2 atom stereocenters. The minimum Gasteiger partial charge on any atom is -0.376 e. The van der Waals surface area contributed by atoms with Crippen LogP contribution in [0.5, 0.6) is 0 Å². The van der Waals surface area contributed by atoms with Gasteiger partial charge in [0.05, 0.1) is 19.8 Å². The van der Waals surface area contributed by atoms with Gasteiger partial charge in [0, 0.05) is 11.9 Å². The van der Waals surface area contributed by atoms with Crippen LogP contribution >= 0.6 is 11.6 Å². The van der Waals surface area contributed by atoms with Crippen molar-refractivity contribution >= 4 is 17.5 Å². The van der Waals surface area contributed by atoms with Gasteiger partial charge >= 0.3 is 0 Å². The van der Waals surface area contributed by atoms with Crippen LogP contribution in [0.3, 0.4) is 0 Å². The molecule has 4 nitrogen and oxygen atoms in total. The number of halogens is 1. The number of hydrogen-bond donors (Lipinski definition) is 1. The monoisotopic (exact) mass is 235 g/mol. The van der Waals surface area contributed by atoms with Crippen LogP contribution in [-0.4, -0.2) is 43.8 Å². The Kier molecular flexibility index (Phi) is 5.36. The predicted molar refractivity (Wildman–Crippen MR) is 58.0 cm³/mol. The van der Waals surface area contributed by atoms with E-state index in [4.69, 9.17) is 21.1 Å². The smallest absolute Gasteiger partial charge is 0.251 e. The van der Waals surface area contributed by atoms with Crippen molar-refractivity contribution in [2.45, 2.75) is 26.0 Å². The average Bonchev–Trinajstić information content (AvgIpc) is 2.26. The third kappa shape index (κ3) is 3.97. The molecule has 0 saturated carbocycles. The van der Waals surface area contributed by atoms with E-state index in [0.717, 1.165) is 0 Å². The molecule has 1 amide bonds. The zero-order valence-corrected chi connectivity index (χ0v) is 9.92. The molecule has 1 N–H and O–H groups in total. The van der Waals surface area contributed by atoms with Gasteiger partial charge in [-0.2, -0.15) is 0 Å². The number of rotatable bonds is 4. The summed E-state index contributed by atoms with van der Waals surface area (Å²) in [5.41, 5.74) is 0. The molecule has 1 aliphatic heterocycles. The lowest BCUT2D eigenvalue weighted by Gasteiger charge is -2.26. The minimum absolute atomic E-state index is 0.00954. The summed E-state index contributed by atoms with van der Waals surface area (Å²) < 4.78 is 10.4. The highest BCUT2D eigenvalue weighted by molar-refractivity contribution is 6.18. The molecule has 15 heavy (non-hydrogen) atoms. The highest BCUT2D eigenvalue weighted by Crippen LogP contribution is 2.06. The third-order valence-electron chi connectivity index (χ3n) is 2.41. The van der Waals surface area contributed by atoms with Crippen molar-refractivity contribution in [3.8, 4) is 0 Å². The maximum atomic E-state index is 11.7. The van der Waals surface area contributed by atoms with E-state index < -0.39 is 6.10 Å². The Morgan fingerprint density at radius 3 is 2.73 bits per heavy atom. The van der Waals surface area contributed by atoms with Gasteiger partial charge in [-0.05, 0) is 5.92 Å². The van der Waals surface area contributed by atoms with Gasteiger partial charge in [-0.15, -0.1) is 11.6 Å².